The van der Waals surface area contributed by atoms with Gasteiger partial charge in [0, 0.05) is 43.0 Å². The molecule has 0 radical (unpaired) electrons. The van der Waals surface area contributed by atoms with E-state index in [1.807, 2.05) is 36.4 Å². The highest BCUT2D eigenvalue weighted by Gasteiger charge is 2.21. The molecule has 4 aromatic rings. The smallest absolute Gasteiger partial charge is 0.228 e. The van der Waals surface area contributed by atoms with Gasteiger partial charge in [-0.05, 0) is 36.9 Å². The zero-order valence-electron chi connectivity index (χ0n) is 16.6. The first-order valence-corrected chi connectivity index (χ1v) is 10.8. The standard InChI is InChI=1S/C21H21N7OS/c1-2-28-20(27-11-13-29-14-12-27)25-26-21(28)30-19-16-5-3-4-6-17(16)23-18(24-19)15-7-9-22-10-8-15/h3-10H,2,11-14H2,1H3. The average Bonchev–Trinajstić information content (AvgIpc) is 3.22. The van der Waals surface area contributed by atoms with Crippen LogP contribution in [0, 0.1) is 0 Å². The second kappa shape index (κ2) is 8.37. The highest BCUT2D eigenvalue weighted by atomic mass is 32.2. The fraction of sp³-hybridized carbons (Fsp3) is 0.286. The molecule has 1 saturated heterocycles. The van der Waals surface area contributed by atoms with Crippen molar-refractivity contribution in [1.82, 2.24) is 29.7 Å². The van der Waals surface area contributed by atoms with E-state index in [4.69, 9.17) is 14.7 Å². The summed E-state index contributed by atoms with van der Waals surface area (Å²) < 4.78 is 7.61. The molecular weight excluding hydrogens is 398 g/mol. The minimum Gasteiger partial charge on any atom is -0.378 e. The quantitative estimate of drug-likeness (QED) is 0.456. The molecule has 3 aromatic heterocycles. The van der Waals surface area contributed by atoms with E-state index < -0.39 is 0 Å². The Labute approximate surface area is 178 Å². The molecule has 152 valence electrons. The lowest BCUT2D eigenvalue weighted by Crippen LogP contribution is -2.38. The Bertz CT molecular complexity index is 1160. The molecule has 0 saturated carbocycles. The summed E-state index contributed by atoms with van der Waals surface area (Å²) in [5.41, 5.74) is 1.83. The molecular formula is C21H21N7OS. The van der Waals surface area contributed by atoms with Crippen LogP contribution < -0.4 is 4.90 Å². The number of pyridine rings is 1. The van der Waals surface area contributed by atoms with Crippen LogP contribution in [0.4, 0.5) is 5.95 Å². The lowest BCUT2D eigenvalue weighted by molar-refractivity contribution is 0.121. The molecule has 0 spiro atoms. The number of hydrogen-bond acceptors (Lipinski definition) is 8. The van der Waals surface area contributed by atoms with Crippen molar-refractivity contribution in [2.75, 3.05) is 31.2 Å². The van der Waals surface area contributed by atoms with Crippen molar-refractivity contribution < 1.29 is 4.74 Å². The molecule has 9 heteroatoms. The summed E-state index contributed by atoms with van der Waals surface area (Å²) in [5, 5.41) is 11.7. The molecule has 1 fully saturated rings. The molecule has 1 aromatic carbocycles. The molecule has 0 bridgehead atoms. The maximum absolute atomic E-state index is 5.47. The van der Waals surface area contributed by atoms with Gasteiger partial charge >= 0.3 is 0 Å². The van der Waals surface area contributed by atoms with E-state index in [1.54, 1.807) is 12.4 Å². The van der Waals surface area contributed by atoms with Gasteiger partial charge in [-0.2, -0.15) is 0 Å². The molecule has 0 aliphatic carbocycles. The zero-order chi connectivity index (χ0) is 20.3. The summed E-state index contributed by atoms with van der Waals surface area (Å²) in [4.78, 5) is 15.9. The number of rotatable bonds is 5. The van der Waals surface area contributed by atoms with Gasteiger partial charge in [-0.15, -0.1) is 10.2 Å². The number of ether oxygens (including phenoxy) is 1. The lowest BCUT2D eigenvalue weighted by atomic mass is 10.2. The second-order valence-electron chi connectivity index (χ2n) is 6.83. The fourth-order valence-electron chi connectivity index (χ4n) is 3.47. The Morgan fingerprint density at radius 1 is 1.00 bits per heavy atom. The highest BCUT2D eigenvalue weighted by Crippen LogP contribution is 2.33. The van der Waals surface area contributed by atoms with Crippen LogP contribution in [-0.2, 0) is 11.3 Å². The van der Waals surface area contributed by atoms with Crippen LogP contribution in [0.2, 0.25) is 0 Å². The minimum atomic E-state index is 0.676. The third kappa shape index (κ3) is 3.61. The van der Waals surface area contributed by atoms with Crippen molar-refractivity contribution in [1.29, 1.82) is 0 Å². The Kier molecular flexibility index (Phi) is 5.29. The Morgan fingerprint density at radius 2 is 1.80 bits per heavy atom. The van der Waals surface area contributed by atoms with E-state index in [-0.39, 0.29) is 0 Å². The predicted molar refractivity (Wildman–Crippen MR) is 116 cm³/mol. The zero-order valence-corrected chi connectivity index (χ0v) is 17.4. The molecule has 8 nitrogen and oxygen atoms in total. The van der Waals surface area contributed by atoms with Crippen molar-refractivity contribution in [3.63, 3.8) is 0 Å². The predicted octanol–water partition coefficient (Wildman–Crippen LogP) is 3.29. The van der Waals surface area contributed by atoms with E-state index in [2.05, 4.69) is 31.6 Å². The SMILES string of the molecule is CCn1c(Sc2nc(-c3ccncc3)nc3ccccc23)nnc1N1CCOCC1. The number of hydrogen-bond donors (Lipinski definition) is 0. The van der Waals surface area contributed by atoms with Crippen LogP contribution in [0.1, 0.15) is 6.92 Å². The summed E-state index contributed by atoms with van der Waals surface area (Å²) in [6.45, 7) is 5.97. The number of anilines is 1. The molecule has 0 atom stereocenters. The van der Waals surface area contributed by atoms with Crippen molar-refractivity contribution in [2.24, 2.45) is 0 Å². The largest absolute Gasteiger partial charge is 0.378 e. The van der Waals surface area contributed by atoms with E-state index in [9.17, 15) is 0 Å². The summed E-state index contributed by atoms with van der Waals surface area (Å²) >= 11 is 1.53. The number of benzene rings is 1. The Hall–Kier alpha value is -3.04. The van der Waals surface area contributed by atoms with E-state index >= 15 is 0 Å². The summed E-state index contributed by atoms with van der Waals surface area (Å²) in [6.07, 6.45) is 3.51. The van der Waals surface area contributed by atoms with Gasteiger partial charge < -0.3 is 9.64 Å². The highest BCUT2D eigenvalue weighted by molar-refractivity contribution is 7.99. The Morgan fingerprint density at radius 3 is 2.60 bits per heavy atom. The van der Waals surface area contributed by atoms with Gasteiger partial charge in [0.15, 0.2) is 11.0 Å². The van der Waals surface area contributed by atoms with E-state index in [0.29, 0.717) is 19.0 Å². The van der Waals surface area contributed by atoms with Gasteiger partial charge in [0.2, 0.25) is 5.95 Å². The summed E-state index contributed by atoms with van der Waals surface area (Å²) in [7, 11) is 0. The maximum Gasteiger partial charge on any atom is 0.228 e. The van der Waals surface area contributed by atoms with Crippen LogP contribution in [0.25, 0.3) is 22.3 Å². The fourth-order valence-corrected chi connectivity index (χ4v) is 4.46. The third-order valence-electron chi connectivity index (χ3n) is 5.00. The van der Waals surface area contributed by atoms with Gasteiger partial charge in [0.05, 0.1) is 18.7 Å². The first kappa shape index (κ1) is 19.0. The number of para-hydroxylation sites is 1. The molecule has 4 heterocycles. The Balaban J connectivity index is 1.56. The van der Waals surface area contributed by atoms with Gasteiger partial charge in [0.1, 0.15) is 5.03 Å². The van der Waals surface area contributed by atoms with Crippen LogP contribution in [0.5, 0.6) is 0 Å². The number of morpholine rings is 1. The average molecular weight is 420 g/mol. The first-order chi connectivity index (χ1) is 14.8. The maximum atomic E-state index is 5.47. The molecule has 0 amide bonds. The molecule has 30 heavy (non-hydrogen) atoms. The molecule has 0 unspecified atom stereocenters. The molecule has 5 rings (SSSR count). The normalized spacial score (nSPS) is 14.4. The first-order valence-electron chi connectivity index (χ1n) is 9.94. The molecule has 1 aliphatic rings. The van der Waals surface area contributed by atoms with Crippen LogP contribution in [0.15, 0.2) is 59.0 Å². The van der Waals surface area contributed by atoms with Crippen molar-refractivity contribution in [3.8, 4) is 11.4 Å². The number of aromatic nitrogens is 6. The number of nitrogens with zero attached hydrogens (tertiary/aromatic N) is 7. The third-order valence-corrected chi connectivity index (χ3v) is 5.99. The van der Waals surface area contributed by atoms with E-state index in [1.165, 1.54) is 11.8 Å². The van der Waals surface area contributed by atoms with Crippen molar-refractivity contribution in [3.05, 3.63) is 48.8 Å². The van der Waals surface area contributed by atoms with Gasteiger partial charge in [-0.25, -0.2) is 9.97 Å². The monoisotopic (exact) mass is 419 g/mol. The van der Waals surface area contributed by atoms with Crippen molar-refractivity contribution in [2.45, 2.75) is 23.7 Å². The molecule has 1 aliphatic heterocycles. The summed E-state index contributed by atoms with van der Waals surface area (Å²) in [5.74, 6) is 1.56. The number of fused-ring (bicyclic) bond motifs is 1. The second-order valence-corrected chi connectivity index (χ2v) is 7.79. The van der Waals surface area contributed by atoms with Gasteiger partial charge in [-0.3, -0.25) is 9.55 Å². The van der Waals surface area contributed by atoms with Crippen LogP contribution in [-0.4, -0.2) is 56.0 Å². The topological polar surface area (TPSA) is 81.8 Å². The van der Waals surface area contributed by atoms with Crippen LogP contribution >= 0.6 is 11.8 Å². The van der Waals surface area contributed by atoms with Gasteiger partial charge in [0.25, 0.3) is 0 Å². The van der Waals surface area contributed by atoms with Gasteiger partial charge in [-0.1, -0.05) is 18.2 Å². The molecule has 0 N–H and O–H groups in total. The van der Waals surface area contributed by atoms with E-state index in [0.717, 1.165) is 52.2 Å². The minimum absolute atomic E-state index is 0.676. The summed E-state index contributed by atoms with van der Waals surface area (Å²) in [6, 6.07) is 11.9. The lowest BCUT2D eigenvalue weighted by Gasteiger charge is -2.27. The van der Waals surface area contributed by atoms with Crippen LogP contribution in [0.3, 0.4) is 0 Å². The van der Waals surface area contributed by atoms with Crippen molar-refractivity contribution >= 4 is 28.6 Å².